The van der Waals surface area contributed by atoms with E-state index in [9.17, 15) is 8.42 Å². The lowest BCUT2D eigenvalue weighted by atomic mass is 10.0. The molecule has 0 spiro atoms. The molecule has 108 valence electrons. The van der Waals surface area contributed by atoms with E-state index >= 15 is 0 Å². The van der Waals surface area contributed by atoms with Crippen molar-refractivity contribution in [1.29, 1.82) is 0 Å². The predicted octanol–water partition coefficient (Wildman–Crippen LogP) is 2.44. The normalized spacial score (nSPS) is 16.0. The van der Waals surface area contributed by atoms with Crippen molar-refractivity contribution in [2.45, 2.75) is 13.0 Å². The molecular formula is C16H16N2O2S. The maximum absolute atomic E-state index is 12.4. The third-order valence-electron chi connectivity index (χ3n) is 3.57. The van der Waals surface area contributed by atoms with E-state index in [4.69, 9.17) is 0 Å². The molecule has 0 fully saturated rings. The summed E-state index contributed by atoms with van der Waals surface area (Å²) in [4.78, 5) is 3.97. The average Bonchev–Trinajstić information content (AvgIpc) is 2.53. The SMILES string of the molecule is O=S(=O)(/C=C/c1cccnc1)N1CCc2ccccc2C1. The van der Waals surface area contributed by atoms with Gasteiger partial charge in [0.1, 0.15) is 0 Å². The first-order chi connectivity index (χ1) is 10.1. The number of rotatable bonds is 3. The molecular weight excluding hydrogens is 284 g/mol. The van der Waals surface area contributed by atoms with E-state index in [2.05, 4.69) is 11.1 Å². The van der Waals surface area contributed by atoms with Crippen molar-refractivity contribution in [2.75, 3.05) is 6.54 Å². The Bertz CT molecular complexity index is 755. The highest BCUT2D eigenvalue weighted by Gasteiger charge is 2.24. The Morgan fingerprint density at radius 3 is 2.67 bits per heavy atom. The van der Waals surface area contributed by atoms with Crippen LogP contribution < -0.4 is 0 Å². The summed E-state index contributed by atoms with van der Waals surface area (Å²) >= 11 is 0. The Morgan fingerprint density at radius 2 is 1.90 bits per heavy atom. The number of aromatic nitrogens is 1. The largest absolute Gasteiger partial charge is 0.264 e. The third kappa shape index (κ3) is 3.20. The van der Waals surface area contributed by atoms with Crippen molar-refractivity contribution in [3.05, 3.63) is 70.9 Å². The maximum atomic E-state index is 12.4. The molecule has 2 aromatic rings. The number of fused-ring (bicyclic) bond motifs is 1. The first-order valence-corrected chi connectivity index (χ1v) is 8.30. The molecule has 1 aliphatic rings. The van der Waals surface area contributed by atoms with Crippen LogP contribution in [0.3, 0.4) is 0 Å². The van der Waals surface area contributed by atoms with Gasteiger partial charge < -0.3 is 0 Å². The van der Waals surface area contributed by atoms with Crippen LogP contribution in [0.5, 0.6) is 0 Å². The van der Waals surface area contributed by atoms with Gasteiger partial charge in [0.05, 0.1) is 0 Å². The summed E-state index contributed by atoms with van der Waals surface area (Å²) in [5, 5.41) is 1.26. The summed E-state index contributed by atoms with van der Waals surface area (Å²) in [5.74, 6) is 0. The lowest BCUT2D eigenvalue weighted by molar-refractivity contribution is 0.397. The molecule has 0 N–H and O–H groups in total. The van der Waals surface area contributed by atoms with Crippen LogP contribution in [0.4, 0.5) is 0 Å². The zero-order valence-corrected chi connectivity index (χ0v) is 12.3. The van der Waals surface area contributed by atoms with Crippen molar-refractivity contribution < 1.29 is 8.42 Å². The minimum atomic E-state index is -3.40. The van der Waals surface area contributed by atoms with E-state index in [1.807, 2.05) is 24.3 Å². The van der Waals surface area contributed by atoms with Gasteiger partial charge in [-0.25, -0.2) is 8.42 Å². The van der Waals surface area contributed by atoms with Crippen LogP contribution in [0.15, 0.2) is 54.2 Å². The van der Waals surface area contributed by atoms with Crippen LogP contribution in [0.1, 0.15) is 16.7 Å². The minimum Gasteiger partial charge on any atom is -0.264 e. The molecule has 0 amide bonds. The van der Waals surface area contributed by atoms with Gasteiger partial charge in [0.2, 0.25) is 10.0 Å². The standard InChI is InChI=1S/C16H16N2O2S/c19-21(20,11-8-14-4-3-9-17-12-14)18-10-7-15-5-1-2-6-16(15)13-18/h1-6,8-9,11-12H,7,10,13H2/b11-8+. The van der Waals surface area contributed by atoms with Crippen LogP contribution in [0.25, 0.3) is 6.08 Å². The Morgan fingerprint density at radius 1 is 1.10 bits per heavy atom. The van der Waals surface area contributed by atoms with Gasteiger partial charge in [0.15, 0.2) is 0 Å². The third-order valence-corrected chi connectivity index (χ3v) is 5.08. The molecule has 0 saturated carbocycles. The lowest BCUT2D eigenvalue weighted by Gasteiger charge is -2.26. The number of hydrogen-bond acceptors (Lipinski definition) is 3. The molecule has 0 unspecified atom stereocenters. The Balaban J connectivity index is 1.79. The zero-order valence-electron chi connectivity index (χ0n) is 11.5. The summed E-state index contributed by atoms with van der Waals surface area (Å²) < 4.78 is 26.3. The van der Waals surface area contributed by atoms with Crippen molar-refractivity contribution in [1.82, 2.24) is 9.29 Å². The van der Waals surface area contributed by atoms with Gasteiger partial charge in [0.25, 0.3) is 0 Å². The molecule has 1 aliphatic heterocycles. The summed E-state index contributed by atoms with van der Waals surface area (Å²) in [6, 6.07) is 11.6. The molecule has 0 radical (unpaired) electrons. The molecule has 0 aliphatic carbocycles. The number of hydrogen-bond donors (Lipinski definition) is 0. The summed E-state index contributed by atoms with van der Waals surface area (Å²) in [6.07, 6.45) is 5.64. The molecule has 0 saturated heterocycles. The Kier molecular flexibility index (Phi) is 3.86. The quantitative estimate of drug-likeness (QED) is 0.875. The predicted molar refractivity (Wildman–Crippen MR) is 82.7 cm³/mol. The van der Waals surface area contributed by atoms with E-state index in [0.29, 0.717) is 13.1 Å². The van der Waals surface area contributed by atoms with Gasteiger partial charge in [-0.3, -0.25) is 4.98 Å². The van der Waals surface area contributed by atoms with E-state index in [1.165, 1.54) is 15.3 Å². The summed E-state index contributed by atoms with van der Waals surface area (Å²) in [7, 11) is -3.40. The highest BCUT2D eigenvalue weighted by Crippen LogP contribution is 2.21. The number of sulfonamides is 1. The second-order valence-corrected chi connectivity index (χ2v) is 6.80. The van der Waals surface area contributed by atoms with Crippen molar-refractivity contribution in [3.63, 3.8) is 0 Å². The molecule has 5 heteroatoms. The maximum Gasteiger partial charge on any atom is 0.236 e. The van der Waals surface area contributed by atoms with Gasteiger partial charge >= 0.3 is 0 Å². The fourth-order valence-corrected chi connectivity index (χ4v) is 3.58. The monoisotopic (exact) mass is 300 g/mol. The van der Waals surface area contributed by atoms with Crippen LogP contribution in [-0.4, -0.2) is 24.3 Å². The van der Waals surface area contributed by atoms with E-state index in [1.54, 1.807) is 24.5 Å². The average molecular weight is 300 g/mol. The fraction of sp³-hybridized carbons (Fsp3) is 0.188. The van der Waals surface area contributed by atoms with Gasteiger partial charge in [-0.15, -0.1) is 0 Å². The molecule has 1 aromatic heterocycles. The lowest BCUT2D eigenvalue weighted by Crippen LogP contribution is -2.34. The molecule has 0 atom stereocenters. The fourth-order valence-electron chi connectivity index (χ4n) is 2.41. The highest BCUT2D eigenvalue weighted by molar-refractivity contribution is 7.92. The van der Waals surface area contributed by atoms with E-state index in [0.717, 1.165) is 17.5 Å². The zero-order chi connectivity index (χ0) is 14.7. The molecule has 2 heterocycles. The number of benzene rings is 1. The van der Waals surface area contributed by atoms with E-state index < -0.39 is 10.0 Å². The molecule has 21 heavy (non-hydrogen) atoms. The summed E-state index contributed by atoms with van der Waals surface area (Å²) in [6.45, 7) is 0.965. The minimum absolute atomic E-state index is 0.440. The molecule has 1 aromatic carbocycles. The van der Waals surface area contributed by atoms with Crippen molar-refractivity contribution >= 4 is 16.1 Å². The van der Waals surface area contributed by atoms with Gasteiger partial charge in [0, 0.05) is 30.9 Å². The number of nitrogens with zero attached hydrogens (tertiary/aromatic N) is 2. The molecule has 3 rings (SSSR count). The smallest absolute Gasteiger partial charge is 0.236 e. The second-order valence-electron chi connectivity index (χ2n) is 4.99. The first kappa shape index (κ1) is 14.0. The van der Waals surface area contributed by atoms with E-state index in [-0.39, 0.29) is 0 Å². The Hall–Kier alpha value is -1.98. The van der Waals surface area contributed by atoms with Crippen LogP contribution in [0, 0.1) is 0 Å². The molecule has 0 bridgehead atoms. The van der Waals surface area contributed by atoms with Gasteiger partial charge in [-0.2, -0.15) is 4.31 Å². The Labute approximate surface area is 124 Å². The topological polar surface area (TPSA) is 50.3 Å². The highest BCUT2D eigenvalue weighted by atomic mass is 32.2. The first-order valence-electron chi connectivity index (χ1n) is 6.80. The van der Waals surface area contributed by atoms with Crippen molar-refractivity contribution in [2.24, 2.45) is 0 Å². The molecule has 4 nitrogen and oxygen atoms in total. The van der Waals surface area contributed by atoms with Crippen molar-refractivity contribution in [3.8, 4) is 0 Å². The number of pyridine rings is 1. The summed E-state index contributed by atoms with van der Waals surface area (Å²) in [5.41, 5.74) is 3.10. The van der Waals surface area contributed by atoms with Crippen LogP contribution in [0.2, 0.25) is 0 Å². The van der Waals surface area contributed by atoms with Gasteiger partial charge in [-0.1, -0.05) is 30.3 Å². The van der Waals surface area contributed by atoms with Gasteiger partial charge in [-0.05, 0) is 35.3 Å². The second kappa shape index (κ2) is 5.79. The van der Waals surface area contributed by atoms with Crippen LogP contribution >= 0.6 is 0 Å². The van der Waals surface area contributed by atoms with Crippen LogP contribution in [-0.2, 0) is 23.0 Å².